The Balaban J connectivity index is 2.25. The fourth-order valence-electron chi connectivity index (χ4n) is 4.58. The molecule has 3 rings (SSSR count). The van der Waals surface area contributed by atoms with Crippen LogP contribution >= 0.6 is 11.6 Å². The lowest BCUT2D eigenvalue weighted by atomic mass is 9.97. The Hall–Kier alpha value is -5.50. The average molecular weight is 694 g/mol. The zero-order valence-electron chi connectivity index (χ0n) is 27.6. The molecule has 1 aliphatic rings. The first-order valence-corrected chi connectivity index (χ1v) is 15.9. The molecule has 0 aromatic heterocycles. The first-order valence-electron chi connectivity index (χ1n) is 15.6. The number of nitrogens with zero attached hydrogens (tertiary/aromatic N) is 1. The first kappa shape index (κ1) is 38.0. The van der Waals surface area contributed by atoms with Crippen LogP contribution in [-0.4, -0.2) is 63.2 Å². The number of carbonyl (C=O) groups is 7. The fourth-order valence-corrected chi connectivity index (χ4v) is 4.72. The molecule has 15 heteroatoms. The van der Waals surface area contributed by atoms with Gasteiger partial charge in [0.05, 0.1) is 4.87 Å². The van der Waals surface area contributed by atoms with Crippen LogP contribution < -0.4 is 32.1 Å². The average Bonchev–Trinajstić information content (AvgIpc) is 3.07. The van der Waals surface area contributed by atoms with Crippen molar-refractivity contribution in [2.75, 3.05) is 0 Å². The highest BCUT2D eigenvalue weighted by Crippen LogP contribution is 2.27. The zero-order valence-corrected chi connectivity index (χ0v) is 28.4. The number of nitrogens with one attached hydrogen (secondary N) is 6. The van der Waals surface area contributed by atoms with Crippen LogP contribution in [0.3, 0.4) is 0 Å². The number of amides is 7. The van der Waals surface area contributed by atoms with Crippen LogP contribution in [0.1, 0.15) is 74.1 Å². The largest absolute Gasteiger partial charge is 0.332 e. The Morgan fingerprint density at radius 2 is 1.39 bits per heavy atom. The highest BCUT2D eigenvalue weighted by atomic mass is 35.5. The molecule has 6 N–H and O–H groups in total. The predicted molar refractivity (Wildman–Crippen MR) is 181 cm³/mol. The molecule has 7 amide bonds. The Kier molecular flexibility index (Phi) is 13.2. The van der Waals surface area contributed by atoms with Gasteiger partial charge in [-0.2, -0.15) is 5.12 Å². The van der Waals surface area contributed by atoms with Crippen LogP contribution in [0.5, 0.6) is 0 Å². The second kappa shape index (κ2) is 17.1. The van der Waals surface area contributed by atoms with Gasteiger partial charge < -0.3 is 21.3 Å². The summed E-state index contributed by atoms with van der Waals surface area (Å²) in [5, 5.41) is 10.3. The number of allylic oxidation sites excluding steroid dienone is 2. The second-order valence-corrected chi connectivity index (χ2v) is 12.2. The SMILES string of the molecule is CCCC(=O)NC(NC(=O)c1ccccc1)(C(=O)N(NC(=O)C1=CCC(C)(Cl)C=C1)NC(=O)c1ccccc1)C(NC(C)=O)NC(=O)CC. The molecule has 0 fully saturated rings. The molecule has 3 atom stereocenters. The molecule has 0 spiro atoms. The van der Waals surface area contributed by atoms with Gasteiger partial charge in [0.1, 0.15) is 0 Å². The van der Waals surface area contributed by atoms with Crippen molar-refractivity contribution in [3.8, 4) is 0 Å². The number of alkyl halides is 1. The van der Waals surface area contributed by atoms with E-state index in [0.29, 0.717) is 11.5 Å². The van der Waals surface area contributed by atoms with E-state index in [0.717, 1.165) is 6.92 Å². The Labute approximate surface area is 289 Å². The lowest BCUT2D eigenvalue weighted by molar-refractivity contribution is -0.155. The van der Waals surface area contributed by atoms with Crippen LogP contribution in [0.2, 0.25) is 0 Å². The van der Waals surface area contributed by atoms with Crippen molar-refractivity contribution in [2.45, 2.75) is 70.1 Å². The Bertz CT molecular complexity index is 1630. The molecule has 0 saturated carbocycles. The number of carbonyl (C=O) groups excluding carboxylic acids is 7. The molecular weight excluding hydrogens is 654 g/mol. The predicted octanol–water partition coefficient (Wildman–Crippen LogP) is 2.11. The van der Waals surface area contributed by atoms with Gasteiger partial charge in [0.15, 0.2) is 6.17 Å². The minimum Gasteiger partial charge on any atom is -0.332 e. The first-order chi connectivity index (χ1) is 23.2. The van der Waals surface area contributed by atoms with E-state index < -0.39 is 58.1 Å². The van der Waals surface area contributed by atoms with E-state index in [4.69, 9.17) is 11.6 Å². The monoisotopic (exact) mass is 693 g/mol. The third kappa shape index (κ3) is 10.5. The maximum atomic E-state index is 15.0. The minimum absolute atomic E-state index is 0.0401. The number of hydrogen-bond donors (Lipinski definition) is 6. The third-order valence-corrected chi connectivity index (χ3v) is 7.44. The van der Waals surface area contributed by atoms with Crippen LogP contribution in [0.4, 0.5) is 0 Å². The van der Waals surface area contributed by atoms with Crippen molar-refractivity contribution in [3.05, 3.63) is 95.6 Å². The molecule has 0 aliphatic heterocycles. The highest BCUT2D eigenvalue weighted by Gasteiger charge is 2.53. The molecular formula is C34H40ClN7O7. The summed E-state index contributed by atoms with van der Waals surface area (Å²) in [6, 6.07) is 15.3. The van der Waals surface area contributed by atoms with Crippen molar-refractivity contribution in [1.29, 1.82) is 0 Å². The van der Waals surface area contributed by atoms with Crippen molar-refractivity contribution >= 4 is 53.0 Å². The minimum atomic E-state index is -2.75. The van der Waals surface area contributed by atoms with Gasteiger partial charge in [0.25, 0.3) is 17.7 Å². The van der Waals surface area contributed by atoms with Crippen molar-refractivity contribution < 1.29 is 33.6 Å². The maximum Gasteiger partial charge on any atom is 0.311 e. The quantitative estimate of drug-likeness (QED) is 0.111. The molecule has 3 unspecified atom stereocenters. The van der Waals surface area contributed by atoms with Gasteiger partial charge in [-0.05, 0) is 44.0 Å². The van der Waals surface area contributed by atoms with E-state index in [1.54, 1.807) is 56.3 Å². The molecule has 1 aliphatic carbocycles. The summed E-state index contributed by atoms with van der Waals surface area (Å²) in [4.78, 5) is 93.8. The molecule has 2 aromatic rings. The summed E-state index contributed by atoms with van der Waals surface area (Å²) in [5.41, 5.74) is 2.11. The van der Waals surface area contributed by atoms with Crippen molar-refractivity contribution in [1.82, 2.24) is 37.2 Å². The number of rotatable bonds is 12. The Morgan fingerprint density at radius 3 is 1.90 bits per heavy atom. The Morgan fingerprint density at radius 1 is 0.816 bits per heavy atom. The highest BCUT2D eigenvalue weighted by molar-refractivity contribution is 6.25. The number of halogens is 1. The molecule has 0 heterocycles. The molecule has 2 aromatic carbocycles. The lowest BCUT2D eigenvalue weighted by Gasteiger charge is -2.42. The molecule has 49 heavy (non-hydrogen) atoms. The van der Waals surface area contributed by atoms with Gasteiger partial charge in [-0.15, -0.1) is 11.6 Å². The standard InChI is InChI=1S/C34H40ClN7O7/c1-5-13-27(45)38-34(31(36-22(3)43)37-26(44)6-2,39-28(46)23-14-9-7-10-15-23)32(49)42(40-29(47)24-16-11-8-12-17-24)41-30(48)25-18-20-33(4,35)21-19-25/h7-12,14-20,31H,5-6,13,21H2,1-4H3,(H,36,43)(H,37,44)(H,38,45)(H,39,46)(H,40,47)(H,41,48). The van der Waals surface area contributed by atoms with Crippen LogP contribution in [0, 0.1) is 0 Å². The van der Waals surface area contributed by atoms with Gasteiger partial charge in [-0.3, -0.25) is 33.6 Å². The molecule has 260 valence electrons. The van der Waals surface area contributed by atoms with E-state index in [9.17, 15) is 33.6 Å². The molecule has 0 saturated heterocycles. The summed E-state index contributed by atoms with van der Waals surface area (Å²) in [7, 11) is 0. The normalized spacial score (nSPS) is 16.8. The third-order valence-electron chi connectivity index (χ3n) is 7.16. The van der Waals surface area contributed by atoms with Gasteiger partial charge in [0, 0.05) is 36.5 Å². The van der Waals surface area contributed by atoms with E-state index in [1.807, 2.05) is 0 Å². The van der Waals surface area contributed by atoms with Crippen LogP contribution in [-0.2, 0) is 24.0 Å². The van der Waals surface area contributed by atoms with Gasteiger partial charge >= 0.3 is 5.91 Å². The fraction of sp³-hybridized carbons (Fsp3) is 0.324. The summed E-state index contributed by atoms with van der Waals surface area (Å²) in [5.74, 6) is -6.23. The van der Waals surface area contributed by atoms with Gasteiger partial charge in [-0.25, -0.2) is 10.9 Å². The van der Waals surface area contributed by atoms with Crippen LogP contribution in [0.25, 0.3) is 0 Å². The van der Waals surface area contributed by atoms with E-state index >= 15 is 0 Å². The molecule has 0 radical (unpaired) electrons. The van der Waals surface area contributed by atoms with Gasteiger partial charge in [0.2, 0.25) is 23.4 Å². The molecule has 0 bridgehead atoms. The second-order valence-electron chi connectivity index (χ2n) is 11.3. The van der Waals surface area contributed by atoms with Crippen molar-refractivity contribution in [3.63, 3.8) is 0 Å². The summed E-state index contributed by atoms with van der Waals surface area (Å²) < 4.78 is 0. The summed E-state index contributed by atoms with van der Waals surface area (Å²) in [6.07, 6.45) is 2.99. The summed E-state index contributed by atoms with van der Waals surface area (Å²) >= 11 is 6.36. The smallest absolute Gasteiger partial charge is 0.311 e. The van der Waals surface area contributed by atoms with E-state index in [-0.39, 0.29) is 36.0 Å². The lowest BCUT2D eigenvalue weighted by Crippen LogP contribution is -2.82. The van der Waals surface area contributed by atoms with Crippen LogP contribution in [0.15, 0.2) is 84.5 Å². The van der Waals surface area contributed by atoms with Crippen molar-refractivity contribution in [2.24, 2.45) is 0 Å². The molecule has 14 nitrogen and oxygen atoms in total. The summed E-state index contributed by atoms with van der Waals surface area (Å²) in [6.45, 7) is 6.03. The topological polar surface area (TPSA) is 195 Å². The van der Waals surface area contributed by atoms with E-state index in [1.165, 1.54) is 43.3 Å². The number of benzene rings is 2. The van der Waals surface area contributed by atoms with E-state index in [2.05, 4.69) is 32.1 Å². The zero-order chi connectivity index (χ0) is 36.2. The number of hydrogen-bond acceptors (Lipinski definition) is 7. The van der Waals surface area contributed by atoms with Gasteiger partial charge in [-0.1, -0.05) is 68.5 Å². The number of hydrazine groups is 2. The maximum absolute atomic E-state index is 15.0.